The molecule has 3 N–H and O–H groups in total. The molecule has 23 heavy (non-hydrogen) atoms. The molecule has 1 aliphatic heterocycles. The number of rotatable bonds is 7. The van der Waals surface area contributed by atoms with Crippen LogP contribution in [0.25, 0.3) is 0 Å². The highest BCUT2D eigenvalue weighted by atomic mass is 16.3. The fraction of sp³-hybridized carbons (Fsp3) is 0.944. The molecule has 3 atom stereocenters. The summed E-state index contributed by atoms with van der Waals surface area (Å²) >= 11 is 0. The number of piperidine rings is 1. The molecule has 1 saturated carbocycles. The van der Waals surface area contributed by atoms with Crippen LogP contribution in [0, 0.1) is 11.8 Å². The van der Waals surface area contributed by atoms with Crippen LogP contribution in [0.4, 0.5) is 0 Å². The predicted octanol–water partition coefficient (Wildman–Crippen LogP) is 1.36. The highest BCUT2D eigenvalue weighted by Gasteiger charge is 2.25. The number of hydrogen-bond donors (Lipinski definition) is 3. The van der Waals surface area contributed by atoms with Crippen molar-refractivity contribution in [2.75, 3.05) is 32.8 Å². The van der Waals surface area contributed by atoms with E-state index < -0.39 is 0 Å². The van der Waals surface area contributed by atoms with Crippen LogP contribution in [0.3, 0.4) is 0 Å². The summed E-state index contributed by atoms with van der Waals surface area (Å²) in [4.78, 5) is 14.7. The molecule has 3 unspecified atom stereocenters. The SMILES string of the molecule is CC(NCC1CCN(CCO)CC1)C(=O)NC1CCCCC1C. The average Bonchev–Trinajstić information content (AvgIpc) is 2.56. The first-order valence-corrected chi connectivity index (χ1v) is 9.47. The van der Waals surface area contributed by atoms with Gasteiger partial charge in [-0.05, 0) is 64.1 Å². The molecule has 1 aliphatic carbocycles. The van der Waals surface area contributed by atoms with Crippen molar-refractivity contribution in [2.45, 2.75) is 64.5 Å². The zero-order chi connectivity index (χ0) is 16.7. The molecule has 0 aromatic carbocycles. The molecule has 0 aromatic heterocycles. The van der Waals surface area contributed by atoms with Crippen molar-refractivity contribution in [1.29, 1.82) is 0 Å². The van der Waals surface area contributed by atoms with Gasteiger partial charge in [-0.3, -0.25) is 4.79 Å². The van der Waals surface area contributed by atoms with E-state index >= 15 is 0 Å². The number of carbonyl (C=O) groups excluding carboxylic acids is 1. The smallest absolute Gasteiger partial charge is 0.237 e. The van der Waals surface area contributed by atoms with Crippen molar-refractivity contribution in [3.8, 4) is 0 Å². The number of likely N-dealkylation sites (tertiary alicyclic amines) is 1. The minimum atomic E-state index is -0.111. The highest BCUT2D eigenvalue weighted by molar-refractivity contribution is 5.81. The van der Waals surface area contributed by atoms with Crippen LogP contribution in [0.15, 0.2) is 0 Å². The van der Waals surface area contributed by atoms with Gasteiger partial charge in [-0.2, -0.15) is 0 Å². The zero-order valence-corrected chi connectivity index (χ0v) is 14.9. The van der Waals surface area contributed by atoms with Crippen molar-refractivity contribution < 1.29 is 9.90 Å². The lowest BCUT2D eigenvalue weighted by molar-refractivity contribution is -0.124. The van der Waals surface area contributed by atoms with E-state index in [2.05, 4.69) is 22.5 Å². The first kappa shape index (κ1) is 18.7. The Balaban J connectivity index is 1.64. The van der Waals surface area contributed by atoms with Gasteiger partial charge in [0.25, 0.3) is 0 Å². The molecule has 134 valence electrons. The summed E-state index contributed by atoms with van der Waals surface area (Å²) in [5, 5.41) is 15.6. The summed E-state index contributed by atoms with van der Waals surface area (Å²) < 4.78 is 0. The number of amides is 1. The summed E-state index contributed by atoms with van der Waals surface area (Å²) in [7, 11) is 0. The van der Waals surface area contributed by atoms with Gasteiger partial charge < -0.3 is 20.6 Å². The van der Waals surface area contributed by atoms with E-state index in [1.54, 1.807) is 0 Å². The van der Waals surface area contributed by atoms with Gasteiger partial charge in [-0.1, -0.05) is 19.8 Å². The number of carbonyl (C=O) groups is 1. The minimum absolute atomic E-state index is 0.111. The number of hydrogen-bond acceptors (Lipinski definition) is 4. The third kappa shape index (κ3) is 6.05. The lowest BCUT2D eigenvalue weighted by atomic mass is 9.86. The van der Waals surface area contributed by atoms with Gasteiger partial charge in [0, 0.05) is 12.6 Å². The van der Waals surface area contributed by atoms with E-state index in [0.29, 0.717) is 17.9 Å². The van der Waals surface area contributed by atoms with Crippen molar-refractivity contribution in [1.82, 2.24) is 15.5 Å². The van der Waals surface area contributed by atoms with Crippen LogP contribution in [-0.4, -0.2) is 60.8 Å². The van der Waals surface area contributed by atoms with Crippen LogP contribution < -0.4 is 10.6 Å². The third-order valence-electron chi connectivity index (χ3n) is 5.67. The molecule has 1 amide bonds. The van der Waals surface area contributed by atoms with E-state index in [1.165, 1.54) is 19.3 Å². The van der Waals surface area contributed by atoms with Crippen molar-refractivity contribution >= 4 is 5.91 Å². The van der Waals surface area contributed by atoms with Gasteiger partial charge in [0.2, 0.25) is 5.91 Å². The molecule has 2 rings (SSSR count). The molecule has 1 saturated heterocycles. The van der Waals surface area contributed by atoms with Crippen LogP contribution >= 0.6 is 0 Å². The van der Waals surface area contributed by atoms with Crippen LogP contribution in [0.5, 0.6) is 0 Å². The summed E-state index contributed by atoms with van der Waals surface area (Å²) in [5.41, 5.74) is 0. The Kier molecular flexibility index (Phi) is 7.80. The largest absolute Gasteiger partial charge is 0.395 e. The second-order valence-electron chi connectivity index (χ2n) is 7.52. The number of β-amino-alcohol motifs (C(OH)–C–C–N with tert-alkyl or cyclic N) is 1. The van der Waals surface area contributed by atoms with Crippen molar-refractivity contribution in [3.05, 3.63) is 0 Å². The second kappa shape index (κ2) is 9.60. The average molecular weight is 325 g/mol. The highest BCUT2D eigenvalue weighted by Crippen LogP contribution is 2.23. The Morgan fingerprint density at radius 1 is 1.22 bits per heavy atom. The van der Waals surface area contributed by atoms with Gasteiger partial charge in [0.05, 0.1) is 12.6 Å². The van der Waals surface area contributed by atoms with Gasteiger partial charge in [0.15, 0.2) is 0 Å². The summed E-state index contributed by atoms with van der Waals surface area (Å²) in [6, 6.07) is 0.252. The molecule has 2 aliphatic rings. The van der Waals surface area contributed by atoms with E-state index in [4.69, 9.17) is 5.11 Å². The maximum atomic E-state index is 12.4. The molecule has 0 bridgehead atoms. The zero-order valence-electron chi connectivity index (χ0n) is 14.9. The van der Waals surface area contributed by atoms with Crippen LogP contribution in [-0.2, 0) is 4.79 Å². The molecular formula is C18H35N3O2. The number of nitrogens with zero attached hydrogens (tertiary/aromatic N) is 1. The maximum absolute atomic E-state index is 12.4. The maximum Gasteiger partial charge on any atom is 0.237 e. The molecule has 5 heteroatoms. The number of aliphatic hydroxyl groups excluding tert-OH is 1. The topological polar surface area (TPSA) is 64.6 Å². The van der Waals surface area contributed by atoms with Crippen LogP contribution in [0.2, 0.25) is 0 Å². The van der Waals surface area contributed by atoms with E-state index in [-0.39, 0.29) is 18.6 Å². The number of nitrogens with one attached hydrogen (secondary N) is 2. The molecule has 0 radical (unpaired) electrons. The van der Waals surface area contributed by atoms with Gasteiger partial charge in [-0.25, -0.2) is 0 Å². The predicted molar refractivity (Wildman–Crippen MR) is 93.3 cm³/mol. The van der Waals surface area contributed by atoms with E-state index in [1.807, 2.05) is 6.92 Å². The molecule has 2 fully saturated rings. The summed E-state index contributed by atoms with van der Waals surface area (Å²) in [6.07, 6.45) is 7.21. The Morgan fingerprint density at radius 3 is 2.57 bits per heavy atom. The van der Waals surface area contributed by atoms with Gasteiger partial charge in [-0.15, -0.1) is 0 Å². The van der Waals surface area contributed by atoms with Crippen molar-refractivity contribution in [2.24, 2.45) is 11.8 Å². The fourth-order valence-corrected chi connectivity index (χ4v) is 3.83. The molecule has 1 heterocycles. The van der Waals surface area contributed by atoms with E-state index in [9.17, 15) is 4.79 Å². The van der Waals surface area contributed by atoms with Gasteiger partial charge in [0.1, 0.15) is 0 Å². The standard InChI is InChI=1S/C18H35N3O2/c1-14-5-3-4-6-17(14)20-18(23)15(2)19-13-16-7-9-21(10-8-16)11-12-22/h14-17,19,22H,3-13H2,1-2H3,(H,20,23). The number of aliphatic hydroxyl groups is 1. The lowest BCUT2D eigenvalue weighted by Gasteiger charge is -2.33. The summed E-state index contributed by atoms with van der Waals surface area (Å²) in [5.74, 6) is 1.41. The summed E-state index contributed by atoms with van der Waals surface area (Å²) in [6.45, 7) is 8.31. The monoisotopic (exact) mass is 325 g/mol. The van der Waals surface area contributed by atoms with Crippen molar-refractivity contribution in [3.63, 3.8) is 0 Å². The van der Waals surface area contributed by atoms with Gasteiger partial charge >= 0.3 is 0 Å². The Hall–Kier alpha value is -0.650. The lowest BCUT2D eigenvalue weighted by Crippen LogP contribution is -2.50. The second-order valence-corrected chi connectivity index (χ2v) is 7.52. The first-order chi connectivity index (χ1) is 11.1. The van der Waals surface area contributed by atoms with Crippen LogP contribution in [0.1, 0.15) is 52.4 Å². The Morgan fingerprint density at radius 2 is 1.91 bits per heavy atom. The van der Waals surface area contributed by atoms with E-state index in [0.717, 1.165) is 45.4 Å². The minimum Gasteiger partial charge on any atom is -0.395 e. The Labute approximate surface area is 141 Å². The molecular weight excluding hydrogens is 290 g/mol. The third-order valence-corrected chi connectivity index (χ3v) is 5.67. The normalized spacial score (nSPS) is 28.5. The first-order valence-electron chi connectivity index (χ1n) is 9.47. The fourth-order valence-electron chi connectivity index (χ4n) is 3.83. The molecule has 5 nitrogen and oxygen atoms in total. The molecule has 0 aromatic rings. The molecule has 0 spiro atoms. The quantitative estimate of drug-likeness (QED) is 0.661. The Bertz CT molecular complexity index is 356.